The molecule has 2 rings (SSSR count). The first-order valence-electron chi connectivity index (χ1n) is 5.79. The Morgan fingerprint density at radius 2 is 2.05 bits per heavy atom. The number of nitro groups is 1. The quantitative estimate of drug-likeness (QED) is 0.463. The molecule has 0 spiro atoms. The number of rotatable bonds is 4. The molecular weight excluding hydrogens is 345 g/mol. The van der Waals surface area contributed by atoms with Gasteiger partial charge in [-0.15, -0.1) is 0 Å². The van der Waals surface area contributed by atoms with Crippen LogP contribution in [0.5, 0.6) is 11.5 Å². The highest BCUT2D eigenvalue weighted by Gasteiger charge is 2.17. The zero-order chi connectivity index (χ0) is 15.6. The summed E-state index contributed by atoms with van der Waals surface area (Å²) in [6, 6.07) is 6.61. The Kier molecular flexibility index (Phi) is 4.32. The molecule has 2 aromatic rings. The molecule has 0 saturated heterocycles. The Morgan fingerprint density at radius 3 is 2.62 bits per heavy atom. The van der Waals surface area contributed by atoms with Crippen molar-refractivity contribution in [2.75, 3.05) is 0 Å². The van der Waals surface area contributed by atoms with Gasteiger partial charge in [-0.1, -0.05) is 0 Å². The van der Waals surface area contributed by atoms with E-state index in [1.54, 1.807) is 0 Å². The van der Waals surface area contributed by atoms with Crippen LogP contribution in [-0.4, -0.2) is 11.2 Å². The van der Waals surface area contributed by atoms with Crippen molar-refractivity contribution in [2.45, 2.75) is 6.92 Å². The van der Waals surface area contributed by atoms with E-state index in [-0.39, 0.29) is 11.4 Å². The second kappa shape index (κ2) is 6.01. The summed E-state index contributed by atoms with van der Waals surface area (Å²) < 4.78 is 19.7. The fourth-order valence-electron chi connectivity index (χ4n) is 1.71. The fraction of sp³-hybridized carbons (Fsp3) is 0.0714. The van der Waals surface area contributed by atoms with E-state index in [1.807, 2.05) is 0 Å². The predicted molar refractivity (Wildman–Crippen MR) is 77.4 cm³/mol. The van der Waals surface area contributed by atoms with Crippen LogP contribution in [0.15, 0.2) is 34.8 Å². The molecule has 0 aliphatic carbocycles. The molecule has 0 bridgehead atoms. The molecule has 7 heteroatoms. The van der Waals surface area contributed by atoms with Crippen molar-refractivity contribution in [3.05, 3.63) is 61.9 Å². The molecule has 0 radical (unpaired) electrons. The third-order valence-corrected chi connectivity index (χ3v) is 3.46. The summed E-state index contributed by atoms with van der Waals surface area (Å²) in [5, 5.41) is 10.7. The molecular formula is C14H9BrFNO4. The molecule has 108 valence electrons. The molecule has 0 amide bonds. The molecule has 0 N–H and O–H groups in total. The molecule has 5 nitrogen and oxygen atoms in total. The van der Waals surface area contributed by atoms with Crippen molar-refractivity contribution >= 4 is 27.9 Å². The van der Waals surface area contributed by atoms with Crippen molar-refractivity contribution < 1.29 is 18.8 Å². The summed E-state index contributed by atoms with van der Waals surface area (Å²) in [7, 11) is 0. The van der Waals surface area contributed by atoms with Crippen molar-refractivity contribution in [3.8, 4) is 11.5 Å². The average Bonchev–Trinajstić information content (AvgIpc) is 2.42. The molecule has 0 heterocycles. The highest BCUT2D eigenvalue weighted by atomic mass is 79.9. The third-order valence-electron chi connectivity index (χ3n) is 2.77. The average molecular weight is 354 g/mol. The van der Waals surface area contributed by atoms with E-state index >= 15 is 0 Å². The first-order valence-corrected chi connectivity index (χ1v) is 6.59. The molecule has 0 aliphatic heterocycles. The van der Waals surface area contributed by atoms with Gasteiger partial charge in [0.05, 0.1) is 11.0 Å². The standard InChI is InChI=1S/C14H9BrFNO4/c1-8-4-14(12(16)6-13(8)17(19)20)21-10-3-2-9(7-18)11(15)5-10/h2-7H,1H3. The van der Waals surface area contributed by atoms with E-state index in [1.165, 1.54) is 31.2 Å². The normalized spacial score (nSPS) is 10.2. The van der Waals surface area contributed by atoms with Crippen molar-refractivity contribution in [1.29, 1.82) is 0 Å². The maximum Gasteiger partial charge on any atom is 0.275 e. The van der Waals surface area contributed by atoms with Gasteiger partial charge < -0.3 is 4.74 Å². The largest absolute Gasteiger partial charge is 0.454 e. The Labute approximate surface area is 127 Å². The lowest BCUT2D eigenvalue weighted by Crippen LogP contribution is -1.96. The summed E-state index contributed by atoms with van der Waals surface area (Å²) in [6.45, 7) is 1.50. The van der Waals surface area contributed by atoms with Crippen LogP contribution in [0, 0.1) is 22.9 Å². The lowest BCUT2D eigenvalue weighted by atomic mass is 10.2. The van der Waals surface area contributed by atoms with Crippen molar-refractivity contribution in [2.24, 2.45) is 0 Å². The number of halogens is 2. The highest BCUT2D eigenvalue weighted by molar-refractivity contribution is 9.10. The zero-order valence-corrected chi connectivity index (χ0v) is 12.4. The zero-order valence-electron chi connectivity index (χ0n) is 10.8. The summed E-state index contributed by atoms with van der Waals surface area (Å²) in [5.74, 6) is -0.647. The van der Waals surface area contributed by atoms with Gasteiger partial charge in [0.2, 0.25) is 0 Å². The number of carbonyl (C=O) groups is 1. The van der Waals surface area contributed by atoms with Crippen LogP contribution in [0.1, 0.15) is 15.9 Å². The second-order valence-electron chi connectivity index (χ2n) is 4.23. The van der Waals surface area contributed by atoms with Crippen LogP contribution in [-0.2, 0) is 0 Å². The maximum absolute atomic E-state index is 13.8. The third kappa shape index (κ3) is 3.25. The van der Waals surface area contributed by atoms with E-state index in [9.17, 15) is 19.3 Å². The van der Waals surface area contributed by atoms with Gasteiger partial charge in [-0.05, 0) is 47.1 Å². The monoisotopic (exact) mass is 353 g/mol. The molecule has 0 fully saturated rings. The number of hydrogen-bond acceptors (Lipinski definition) is 4. The minimum Gasteiger partial charge on any atom is -0.454 e. The van der Waals surface area contributed by atoms with Crippen LogP contribution in [0.25, 0.3) is 0 Å². The molecule has 2 aromatic carbocycles. The molecule has 21 heavy (non-hydrogen) atoms. The van der Waals surface area contributed by atoms with E-state index in [0.717, 1.165) is 6.07 Å². The number of nitro benzene ring substituents is 1. The van der Waals surface area contributed by atoms with Crippen LogP contribution in [0.2, 0.25) is 0 Å². The Morgan fingerprint density at radius 1 is 1.33 bits per heavy atom. The summed E-state index contributed by atoms with van der Waals surface area (Å²) >= 11 is 3.19. The van der Waals surface area contributed by atoms with Crippen LogP contribution >= 0.6 is 15.9 Å². The lowest BCUT2D eigenvalue weighted by Gasteiger charge is -2.09. The van der Waals surface area contributed by atoms with Gasteiger partial charge in [-0.3, -0.25) is 14.9 Å². The van der Waals surface area contributed by atoms with E-state index in [4.69, 9.17) is 4.74 Å². The summed E-state index contributed by atoms with van der Waals surface area (Å²) in [5.41, 5.74) is 0.417. The van der Waals surface area contributed by atoms with E-state index in [0.29, 0.717) is 27.6 Å². The first-order chi connectivity index (χ1) is 9.92. The fourth-order valence-corrected chi connectivity index (χ4v) is 2.16. The van der Waals surface area contributed by atoms with Gasteiger partial charge in [0, 0.05) is 15.6 Å². The van der Waals surface area contributed by atoms with E-state index in [2.05, 4.69) is 15.9 Å². The van der Waals surface area contributed by atoms with Gasteiger partial charge in [-0.25, -0.2) is 4.39 Å². The van der Waals surface area contributed by atoms with Crippen LogP contribution < -0.4 is 4.74 Å². The van der Waals surface area contributed by atoms with Gasteiger partial charge in [0.25, 0.3) is 5.69 Å². The minimum atomic E-state index is -0.831. The molecule has 0 aliphatic rings. The number of benzene rings is 2. The number of hydrogen-bond donors (Lipinski definition) is 0. The summed E-state index contributed by atoms with van der Waals surface area (Å²) in [6.07, 6.45) is 0.671. The Balaban J connectivity index is 2.36. The Hall–Kier alpha value is -2.28. The topological polar surface area (TPSA) is 69.4 Å². The highest BCUT2D eigenvalue weighted by Crippen LogP contribution is 2.32. The number of carbonyl (C=O) groups excluding carboxylic acids is 1. The summed E-state index contributed by atoms with van der Waals surface area (Å²) in [4.78, 5) is 20.8. The lowest BCUT2D eigenvalue weighted by molar-refractivity contribution is -0.385. The van der Waals surface area contributed by atoms with Crippen molar-refractivity contribution in [3.63, 3.8) is 0 Å². The van der Waals surface area contributed by atoms with Crippen LogP contribution in [0.4, 0.5) is 10.1 Å². The second-order valence-corrected chi connectivity index (χ2v) is 5.08. The van der Waals surface area contributed by atoms with Gasteiger partial charge >= 0.3 is 0 Å². The SMILES string of the molecule is Cc1cc(Oc2ccc(C=O)c(Br)c2)c(F)cc1[N+](=O)[O-]. The number of ether oxygens (including phenoxy) is 1. The van der Waals surface area contributed by atoms with E-state index < -0.39 is 10.7 Å². The molecule has 0 atom stereocenters. The van der Waals surface area contributed by atoms with Crippen molar-refractivity contribution in [1.82, 2.24) is 0 Å². The predicted octanol–water partition coefficient (Wildman–Crippen LogP) is 4.41. The van der Waals surface area contributed by atoms with Gasteiger partial charge in [0.15, 0.2) is 17.9 Å². The molecule has 0 saturated carbocycles. The van der Waals surface area contributed by atoms with Gasteiger partial charge in [0.1, 0.15) is 5.75 Å². The maximum atomic E-state index is 13.8. The van der Waals surface area contributed by atoms with Gasteiger partial charge in [-0.2, -0.15) is 0 Å². The first kappa shape index (κ1) is 15.1. The minimum absolute atomic E-state index is 0.121. The number of aldehydes is 1. The smallest absolute Gasteiger partial charge is 0.275 e. The number of aryl methyl sites for hydroxylation is 1. The Bertz CT molecular complexity index is 733. The molecule has 0 aromatic heterocycles. The number of nitrogens with zero attached hydrogens (tertiary/aromatic N) is 1. The van der Waals surface area contributed by atoms with Crippen LogP contribution in [0.3, 0.4) is 0 Å². The molecule has 0 unspecified atom stereocenters.